The van der Waals surface area contributed by atoms with Crippen LogP contribution in [-0.2, 0) is 0 Å². The molecule has 1 heterocycles. The Morgan fingerprint density at radius 2 is 1.55 bits per heavy atom. The fraction of sp³-hybridized carbons (Fsp3) is 0.176. The summed E-state index contributed by atoms with van der Waals surface area (Å²) in [6.07, 6.45) is 1.03. The lowest BCUT2D eigenvalue weighted by Crippen LogP contribution is -2.44. The van der Waals surface area contributed by atoms with Gasteiger partial charge in [0, 0.05) is 30.0 Å². The third-order valence-corrected chi connectivity index (χ3v) is 3.35. The van der Waals surface area contributed by atoms with Gasteiger partial charge in [-0.15, -0.1) is 0 Å². The third-order valence-electron chi connectivity index (χ3n) is 3.35. The van der Waals surface area contributed by atoms with Crippen LogP contribution in [0, 0.1) is 0 Å². The number of carbonyl (C=O) groups excluding carboxylic acids is 1. The van der Waals surface area contributed by atoms with Crippen molar-refractivity contribution in [3.63, 3.8) is 0 Å². The number of hydrogen-bond donors (Lipinski definition) is 3. The number of aliphatic imine (C=N–C) groups is 1. The Morgan fingerprint density at radius 1 is 0.909 bits per heavy atom. The lowest BCUT2D eigenvalue weighted by atomic mass is 10.2. The highest BCUT2D eigenvalue weighted by molar-refractivity contribution is 6.02. The second-order valence-electron chi connectivity index (χ2n) is 5.04. The average Bonchev–Trinajstić information content (AvgIpc) is 2.57. The number of amides is 1. The van der Waals surface area contributed by atoms with E-state index in [1.807, 2.05) is 42.5 Å². The van der Waals surface area contributed by atoms with E-state index in [2.05, 4.69) is 20.9 Å². The first-order valence-electron chi connectivity index (χ1n) is 7.34. The van der Waals surface area contributed by atoms with Crippen LogP contribution in [0.4, 0.5) is 11.4 Å². The summed E-state index contributed by atoms with van der Waals surface area (Å²) in [5, 5.41) is 9.42. The summed E-state index contributed by atoms with van der Waals surface area (Å²) in [6, 6.07) is 17.2. The number of anilines is 2. The highest BCUT2D eigenvalue weighted by atomic mass is 16.1. The van der Waals surface area contributed by atoms with E-state index >= 15 is 0 Å². The van der Waals surface area contributed by atoms with Crippen LogP contribution >= 0.6 is 0 Å². The lowest BCUT2D eigenvalue weighted by Gasteiger charge is -2.16. The van der Waals surface area contributed by atoms with Gasteiger partial charge in [-0.3, -0.25) is 4.79 Å². The molecule has 3 N–H and O–H groups in total. The van der Waals surface area contributed by atoms with E-state index in [-0.39, 0.29) is 5.91 Å². The van der Waals surface area contributed by atoms with Gasteiger partial charge in [0.05, 0.1) is 0 Å². The Balaban J connectivity index is 1.67. The molecule has 2 aromatic rings. The molecule has 1 aliphatic heterocycles. The van der Waals surface area contributed by atoms with E-state index in [1.54, 1.807) is 12.1 Å². The molecule has 112 valence electrons. The van der Waals surface area contributed by atoms with Crippen LogP contribution in [0.1, 0.15) is 16.8 Å². The van der Waals surface area contributed by atoms with Crippen LogP contribution in [0.3, 0.4) is 0 Å². The van der Waals surface area contributed by atoms with Crippen molar-refractivity contribution in [3.8, 4) is 0 Å². The zero-order valence-electron chi connectivity index (χ0n) is 12.2. The molecule has 0 spiro atoms. The predicted octanol–water partition coefficient (Wildman–Crippen LogP) is 2.51. The molecule has 0 bridgehead atoms. The van der Waals surface area contributed by atoms with Crippen molar-refractivity contribution in [1.29, 1.82) is 0 Å². The van der Waals surface area contributed by atoms with Crippen molar-refractivity contribution in [3.05, 3.63) is 60.2 Å². The molecule has 0 aliphatic carbocycles. The summed E-state index contributed by atoms with van der Waals surface area (Å²) >= 11 is 0. The van der Waals surface area contributed by atoms with Gasteiger partial charge in [0.1, 0.15) is 0 Å². The van der Waals surface area contributed by atoms with Crippen molar-refractivity contribution in [2.45, 2.75) is 6.42 Å². The molecular weight excluding hydrogens is 276 g/mol. The van der Waals surface area contributed by atoms with E-state index in [4.69, 9.17) is 0 Å². The zero-order valence-corrected chi connectivity index (χ0v) is 12.2. The first kappa shape index (κ1) is 14.1. The second-order valence-corrected chi connectivity index (χ2v) is 5.04. The fourth-order valence-electron chi connectivity index (χ4n) is 2.19. The summed E-state index contributed by atoms with van der Waals surface area (Å²) in [5.41, 5.74) is 2.52. The minimum atomic E-state index is -0.247. The van der Waals surface area contributed by atoms with Gasteiger partial charge >= 0.3 is 0 Å². The predicted molar refractivity (Wildman–Crippen MR) is 88.6 cm³/mol. The number of rotatable bonds is 3. The summed E-state index contributed by atoms with van der Waals surface area (Å²) in [5.74, 6) is 0.311. The lowest BCUT2D eigenvalue weighted by molar-refractivity contribution is 0.100. The number of nitrogens with one attached hydrogen (secondary N) is 3. The molecule has 0 radical (unpaired) electrons. The van der Waals surface area contributed by atoms with Crippen molar-refractivity contribution >= 4 is 23.2 Å². The van der Waals surface area contributed by atoms with Gasteiger partial charge in [0.2, 0.25) is 0 Å². The van der Waals surface area contributed by atoms with Crippen molar-refractivity contribution in [1.82, 2.24) is 10.6 Å². The summed E-state index contributed by atoms with van der Waals surface area (Å²) < 4.78 is 0. The molecule has 5 nitrogen and oxygen atoms in total. The number of nitrogens with zero attached hydrogens (tertiary/aromatic N) is 1. The maximum absolute atomic E-state index is 12.1. The van der Waals surface area contributed by atoms with E-state index in [1.165, 1.54) is 0 Å². The topological polar surface area (TPSA) is 65.5 Å². The largest absolute Gasteiger partial charge is 0.356 e. The molecule has 1 amide bonds. The fourth-order valence-corrected chi connectivity index (χ4v) is 2.19. The molecule has 2 aromatic carbocycles. The minimum absolute atomic E-state index is 0.247. The number of hydrogen-bond acceptors (Lipinski definition) is 2. The molecule has 1 saturated heterocycles. The molecule has 0 atom stereocenters. The molecule has 0 saturated carbocycles. The van der Waals surface area contributed by atoms with E-state index in [0.717, 1.165) is 30.9 Å². The molecule has 22 heavy (non-hydrogen) atoms. The Hall–Kier alpha value is -2.82. The van der Waals surface area contributed by atoms with Gasteiger partial charge in [0.15, 0.2) is 5.96 Å². The van der Waals surface area contributed by atoms with Crippen LogP contribution in [0.5, 0.6) is 0 Å². The first-order valence-corrected chi connectivity index (χ1v) is 7.34. The van der Waals surface area contributed by atoms with Gasteiger partial charge < -0.3 is 16.0 Å². The number of benzene rings is 2. The summed E-state index contributed by atoms with van der Waals surface area (Å²) in [7, 11) is 0. The maximum atomic E-state index is 12.1. The Morgan fingerprint density at radius 3 is 2.23 bits per heavy atom. The van der Waals surface area contributed by atoms with Gasteiger partial charge in [-0.05, 0) is 42.8 Å². The maximum Gasteiger partial charge on any atom is 0.280 e. The van der Waals surface area contributed by atoms with Crippen molar-refractivity contribution in [2.75, 3.05) is 18.4 Å². The van der Waals surface area contributed by atoms with Gasteiger partial charge in [-0.2, -0.15) is 4.99 Å². The number of carbonyl (C=O) groups is 1. The Bertz CT molecular complexity index is 657. The van der Waals surface area contributed by atoms with Crippen molar-refractivity contribution < 1.29 is 4.79 Å². The molecule has 1 aliphatic rings. The quantitative estimate of drug-likeness (QED) is 0.814. The highest BCUT2D eigenvalue weighted by Gasteiger charge is 2.09. The summed E-state index contributed by atoms with van der Waals surface area (Å²) in [4.78, 5) is 16.1. The van der Waals surface area contributed by atoms with Crippen LogP contribution in [0.2, 0.25) is 0 Å². The molecule has 3 rings (SSSR count). The van der Waals surface area contributed by atoms with Crippen LogP contribution < -0.4 is 16.0 Å². The smallest absolute Gasteiger partial charge is 0.280 e. The molecule has 0 unspecified atom stereocenters. The third kappa shape index (κ3) is 3.63. The standard InChI is InChI=1S/C17H18N4O/c22-16(21-17-18-11-4-12-19-17)13-7-9-15(10-8-13)20-14-5-2-1-3-6-14/h1-3,5-10,20H,4,11-12H2,(H2,18,19,21,22). The van der Waals surface area contributed by atoms with Gasteiger partial charge in [-0.25, -0.2) is 0 Å². The molecule has 5 heteroatoms. The molecule has 0 aromatic heterocycles. The van der Waals surface area contributed by atoms with E-state index < -0.39 is 0 Å². The molecule has 1 fully saturated rings. The zero-order chi connectivity index (χ0) is 15.2. The SMILES string of the molecule is O=C(N=C1NCCCN1)c1ccc(Nc2ccccc2)cc1. The number of para-hydroxylation sites is 1. The minimum Gasteiger partial charge on any atom is -0.356 e. The number of guanidine groups is 1. The molecular formula is C17H18N4O. The van der Waals surface area contributed by atoms with Crippen LogP contribution in [0.25, 0.3) is 0 Å². The highest BCUT2D eigenvalue weighted by Crippen LogP contribution is 2.16. The van der Waals surface area contributed by atoms with Gasteiger partial charge in [0.25, 0.3) is 5.91 Å². The normalized spacial score (nSPS) is 13.7. The Kier molecular flexibility index (Phi) is 4.34. The summed E-state index contributed by atoms with van der Waals surface area (Å²) in [6.45, 7) is 1.69. The van der Waals surface area contributed by atoms with Crippen molar-refractivity contribution in [2.24, 2.45) is 4.99 Å². The van der Waals surface area contributed by atoms with Crippen LogP contribution in [-0.4, -0.2) is 25.0 Å². The average molecular weight is 294 g/mol. The van der Waals surface area contributed by atoms with E-state index in [0.29, 0.717) is 11.5 Å². The second kappa shape index (κ2) is 6.76. The first-order chi connectivity index (χ1) is 10.8. The van der Waals surface area contributed by atoms with E-state index in [9.17, 15) is 4.79 Å². The Labute approximate surface area is 129 Å². The monoisotopic (exact) mass is 294 g/mol. The van der Waals surface area contributed by atoms with Crippen LogP contribution in [0.15, 0.2) is 59.6 Å². The van der Waals surface area contributed by atoms with Gasteiger partial charge in [-0.1, -0.05) is 18.2 Å².